The summed E-state index contributed by atoms with van der Waals surface area (Å²) in [5.74, 6) is -7.18. The number of rotatable bonds is 15. The van der Waals surface area contributed by atoms with E-state index in [2.05, 4.69) is 16.0 Å². The molecular weight excluding hydrogens is 480 g/mol. The van der Waals surface area contributed by atoms with Crippen molar-refractivity contribution in [3.05, 3.63) is 35.9 Å². The Morgan fingerprint density at radius 3 is 1.92 bits per heavy atom. The first kappa shape index (κ1) is 30.0. The second kappa shape index (κ2) is 14.4. The first-order valence-electron chi connectivity index (χ1n) is 10.9. The van der Waals surface area contributed by atoms with Crippen LogP contribution in [0.4, 0.5) is 0 Å². The maximum absolute atomic E-state index is 12.8. The Kier molecular flexibility index (Phi) is 12.0. The maximum atomic E-state index is 12.8. The highest BCUT2D eigenvalue weighted by molar-refractivity contribution is 5.95. The van der Waals surface area contributed by atoms with Crippen LogP contribution < -0.4 is 21.7 Å². The number of carbonyl (C=O) groups is 6. The summed E-state index contributed by atoms with van der Waals surface area (Å²) in [5, 5.41) is 43.8. The number of carbonyl (C=O) groups excluding carboxylic acids is 3. The van der Waals surface area contributed by atoms with Crippen LogP contribution in [0.25, 0.3) is 0 Å². The van der Waals surface area contributed by atoms with Gasteiger partial charge in [-0.2, -0.15) is 0 Å². The molecule has 0 aliphatic carbocycles. The van der Waals surface area contributed by atoms with Gasteiger partial charge in [0.15, 0.2) is 0 Å². The lowest BCUT2D eigenvalue weighted by Crippen LogP contribution is -2.60. The van der Waals surface area contributed by atoms with Gasteiger partial charge in [0.2, 0.25) is 17.7 Å². The monoisotopic (exact) mass is 510 g/mol. The molecule has 0 fully saturated rings. The molecule has 5 unspecified atom stereocenters. The van der Waals surface area contributed by atoms with Gasteiger partial charge >= 0.3 is 17.9 Å². The zero-order valence-electron chi connectivity index (χ0n) is 19.4. The molecule has 14 heteroatoms. The number of carboxylic acid groups (broad SMARTS) is 3. The van der Waals surface area contributed by atoms with E-state index in [1.807, 2.05) is 0 Å². The smallest absolute Gasteiger partial charge is 0.326 e. The summed E-state index contributed by atoms with van der Waals surface area (Å²) in [4.78, 5) is 71.1. The maximum Gasteiger partial charge on any atom is 0.326 e. The van der Waals surface area contributed by atoms with E-state index in [0.717, 1.165) is 6.92 Å². The lowest BCUT2D eigenvalue weighted by atomic mass is 10.0. The van der Waals surface area contributed by atoms with Crippen molar-refractivity contribution in [2.75, 3.05) is 0 Å². The topological polar surface area (TPSA) is 245 Å². The number of aliphatic hydroxyl groups is 1. The van der Waals surface area contributed by atoms with Crippen molar-refractivity contribution in [2.45, 2.75) is 62.9 Å². The average Bonchev–Trinajstić information content (AvgIpc) is 2.79. The Morgan fingerprint density at radius 1 is 0.833 bits per heavy atom. The van der Waals surface area contributed by atoms with Gasteiger partial charge in [0.1, 0.15) is 18.1 Å². The third kappa shape index (κ3) is 10.5. The molecule has 0 aliphatic heterocycles. The average molecular weight is 511 g/mol. The van der Waals surface area contributed by atoms with Crippen LogP contribution in [0.3, 0.4) is 0 Å². The van der Waals surface area contributed by atoms with Crippen molar-refractivity contribution in [1.82, 2.24) is 16.0 Å². The van der Waals surface area contributed by atoms with Crippen molar-refractivity contribution in [3.63, 3.8) is 0 Å². The van der Waals surface area contributed by atoms with Crippen LogP contribution in [-0.2, 0) is 35.2 Å². The third-order valence-corrected chi connectivity index (χ3v) is 4.97. The van der Waals surface area contributed by atoms with E-state index in [0.29, 0.717) is 5.56 Å². The van der Waals surface area contributed by atoms with Crippen molar-refractivity contribution in [3.8, 4) is 0 Å². The number of aliphatic carboxylic acids is 3. The number of benzene rings is 1. The SMILES string of the molecule is CC(O)C(NC(=O)C(CCC(=O)O)NC(=O)C(N)CC(=O)O)C(=O)NC(Cc1ccccc1)C(=O)O. The van der Waals surface area contributed by atoms with Crippen LogP contribution in [-0.4, -0.2) is 86.3 Å². The highest BCUT2D eigenvalue weighted by Gasteiger charge is 2.33. The summed E-state index contributed by atoms with van der Waals surface area (Å²) in [6.45, 7) is 1.16. The van der Waals surface area contributed by atoms with Crippen LogP contribution in [0.15, 0.2) is 30.3 Å². The predicted molar refractivity (Wildman–Crippen MR) is 122 cm³/mol. The molecule has 14 nitrogen and oxygen atoms in total. The number of hydrogen-bond donors (Lipinski definition) is 8. The van der Waals surface area contributed by atoms with Crippen LogP contribution >= 0.6 is 0 Å². The summed E-state index contributed by atoms with van der Waals surface area (Å²) in [7, 11) is 0. The van der Waals surface area contributed by atoms with E-state index in [4.69, 9.17) is 15.9 Å². The molecule has 0 spiro atoms. The zero-order valence-corrected chi connectivity index (χ0v) is 19.4. The molecule has 0 saturated heterocycles. The molecule has 5 atom stereocenters. The summed E-state index contributed by atoms with van der Waals surface area (Å²) in [5.41, 5.74) is 6.07. The summed E-state index contributed by atoms with van der Waals surface area (Å²) >= 11 is 0. The van der Waals surface area contributed by atoms with Gasteiger partial charge in [-0.1, -0.05) is 30.3 Å². The van der Waals surface area contributed by atoms with Crippen LogP contribution in [0.5, 0.6) is 0 Å². The molecule has 0 saturated carbocycles. The van der Waals surface area contributed by atoms with Gasteiger partial charge in [0.05, 0.1) is 18.6 Å². The predicted octanol–water partition coefficient (Wildman–Crippen LogP) is -2.18. The molecule has 1 aromatic rings. The quantitative estimate of drug-likeness (QED) is 0.126. The Morgan fingerprint density at radius 2 is 1.42 bits per heavy atom. The van der Waals surface area contributed by atoms with E-state index in [1.165, 1.54) is 0 Å². The van der Waals surface area contributed by atoms with Crippen molar-refractivity contribution >= 4 is 35.6 Å². The van der Waals surface area contributed by atoms with Crippen LogP contribution in [0, 0.1) is 0 Å². The summed E-state index contributed by atoms with van der Waals surface area (Å²) < 4.78 is 0. The molecule has 0 aliphatic rings. The van der Waals surface area contributed by atoms with E-state index >= 15 is 0 Å². The molecule has 0 radical (unpaired) electrons. The minimum atomic E-state index is -1.66. The summed E-state index contributed by atoms with van der Waals surface area (Å²) in [6, 6.07) is 2.27. The Bertz CT molecular complexity index is 953. The highest BCUT2D eigenvalue weighted by atomic mass is 16.4. The Labute approximate surface area is 205 Å². The van der Waals surface area contributed by atoms with Gasteiger partial charge in [0.25, 0.3) is 0 Å². The van der Waals surface area contributed by atoms with E-state index in [9.17, 15) is 39.0 Å². The standard InChI is InChI=1S/C22H30N4O10/c1-11(27)18(21(34)25-15(22(35)36)9-12-5-3-2-4-6-12)26-20(33)14(7-8-16(28)29)24-19(32)13(23)10-17(30)31/h2-6,11,13-15,18,27H,7-10,23H2,1H3,(H,24,32)(H,25,34)(H,26,33)(H,28,29)(H,30,31)(H,35,36). The fourth-order valence-corrected chi connectivity index (χ4v) is 3.07. The molecular formula is C22H30N4O10. The number of nitrogens with two attached hydrogens (primary N) is 1. The van der Waals surface area contributed by atoms with Gasteiger partial charge in [-0.25, -0.2) is 4.79 Å². The molecule has 0 heterocycles. The molecule has 1 aromatic carbocycles. The minimum Gasteiger partial charge on any atom is -0.481 e. The largest absolute Gasteiger partial charge is 0.481 e. The van der Waals surface area contributed by atoms with Gasteiger partial charge in [-0.3, -0.25) is 24.0 Å². The molecule has 0 bridgehead atoms. The molecule has 0 aromatic heterocycles. The summed E-state index contributed by atoms with van der Waals surface area (Å²) in [6.07, 6.45) is -3.36. The number of hydrogen-bond acceptors (Lipinski definition) is 8. The first-order chi connectivity index (χ1) is 16.8. The Hall–Kier alpha value is -4.04. The second-order valence-electron chi connectivity index (χ2n) is 8.01. The Balaban J connectivity index is 2.98. The van der Waals surface area contributed by atoms with E-state index < -0.39 is 85.2 Å². The normalized spacial score (nSPS) is 14.9. The second-order valence-corrected chi connectivity index (χ2v) is 8.01. The number of aliphatic hydroxyl groups excluding tert-OH is 1. The molecule has 9 N–H and O–H groups in total. The van der Waals surface area contributed by atoms with Crippen molar-refractivity contribution < 1.29 is 49.2 Å². The lowest BCUT2D eigenvalue weighted by molar-refractivity contribution is -0.143. The fraction of sp³-hybridized carbons (Fsp3) is 0.455. The van der Waals surface area contributed by atoms with Gasteiger partial charge in [-0.15, -0.1) is 0 Å². The van der Waals surface area contributed by atoms with E-state index in [1.54, 1.807) is 30.3 Å². The highest BCUT2D eigenvalue weighted by Crippen LogP contribution is 2.06. The fourth-order valence-electron chi connectivity index (χ4n) is 3.07. The molecule has 3 amide bonds. The third-order valence-electron chi connectivity index (χ3n) is 4.97. The molecule has 198 valence electrons. The van der Waals surface area contributed by atoms with Crippen molar-refractivity contribution in [2.24, 2.45) is 5.73 Å². The van der Waals surface area contributed by atoms with Crippen molar-refractivity contribution in [1.29, 1.82) is 0 Å². The number of nitrogens with one attached hydrogen (secondary N) is 3. The lowest BCUT2D eigenvalue weighted by Gasteiger charge is -2.26. The van der Waals surface area contributed by atoms with E-state index in [-0.39, 0.29) is 6.42 Å². The van der Waals surface area contributed by atoms with Gasteiger partial charge < -0.3 is 42.1 Å². The van der Waals surface area contributed by atoms with Crippen LogP contribution in [0.2, 0.25) is 0 Å². The zero-order chi connectivity index (χ0) is 27.4. The first-order valence-corrected chi connectivity index (χ1v) is 10.9. The van der Waals surface area contributed by atoms with Crippen LogP contribution in [0.1, 0.15) is 31.7 Å². The van der Waals surface area contributed by atoms with Gasteiger partial charge in [0, 0.05) is 12.8 Å². The molecule has 36 heavy (non-hydrogen) atoms. The number of amides is 3. The van der Waals surface area contributed by atoms with Gasteiger partial charge in [-0.05, 0) is 18.9 Å². The minimum absolute atomic E-state index is 0.0822. The number of carboxylic acids is 3. The molecule has 1 rings (SSSR count).